The van der Waals surface area contributed by atoms with Crippen LogP contribution in [0.5, 0.6) is 0 Å². The van der Waals surface area contributed by atoms with Crippen LogP contribution >= 0.6 is 0 Å². The third-order valence-corrected chi connectivity index (χ3v) is 3.99. The normalized spacial score (nSPS) is 17.9. The van der Waals surface area contributed by atoms with Crippen molar-refractivity contribution in [3.63, 3.8) is 0 Å². The van der Waals surface area contributed by atoms with Crippen LogP contribution in [-0.2, 0) is 13.1 Å². The monoisotopic (exact) mass is 317 g/mol. The van der Waals surface area contributed by atoms with Gasteiger partial charge in [0.25, 0.3) is 5.91 Å². The predicted molar refractivity (Wildman–Crippen MR) is 83.2 cm³/mol. The molecule has 1 aliphatic heterocycles. The minimum absolute atomic E-state index is 0.0588. The lowest BCUT2D eigenvalue weighted by atomic mass is 10.00. The van der Waals surface area contributed by atoms with E-state index in [1.165, 1.54) is 31.2 Å². The average molecular weight is 317 g/mol. The molecule has 3 heterocycles. The number of carbonyl (C=O) groups excluding carboxylic acids is 1. The van der Waals surface area contributed by atoms with Crippen molar-refractivity contribution in [3.05, 3.63) is 47.8 Å². The fraction of sp³-hybridized carbons (Fsp3) is 0.438. The molecule has 2 aromatic heterocycles. The van der Waals surface area contributed by atoms with Gasteiger partial charge in [0, 0.05) is 18.9 Å². The summed E-state index contributed by atoms with van der Waals surface area (Å²) in [6.07, 6.45) is 7.13. The van der Waals surface area contributed by atoms with E-state index in [0.717, 1.165) is 19.6 Å². The third kappa shape index (κ3) is 4.13. The maximum absolute atomic E-state index is 13.5. The van der Waals surface area contributed by atoms with Crippen molar-refractivity contribution in [2.24, 2.45) is 5.92 Å². The van der Waals surface area contributed by atoms with Crippen molar-refractivity contribution < 1.29 is 9.18 Å². The van der Waals surface area contributed by atoms with E-state index in [2.05, 4.69) is 20.7 Å². The number of halogens is 1. The molecular weight excluding hydrogens is 297 g/mol. The van der Waals surface area contributed by atoms with Gasteiger partial charge < -0.3 is 10.6 Å². The smallest absolute Gasteiger partial charge is 0.254 e. The molecule has 1 atom stereocenters. The summed E-state index contributed by atoms with van der Waals surface area (Å²) in [4.78, 5) is 16.0. The van der Waals surface area contributed by atoms with Crippen LogP contribution in [0, 0.1) is 11.7 Å². The zero-order valence-electron chi connectivity index (χ0n) is 12.8. The van der Waals surface area contributed by atoms with Gasteiger partial charge in [0.05, 0.1) is 24.0 Å². The molecule has 1 aliphatic rings. The zero-order chi connectivity index (χ0) is 16.1. The van der Waals surface area contributed by atoms with Crippen molar-refractivity contribution in [1.29, 1.82) is 0 Å². The van der Waals surface area contributed by atoms with Gasteiger partial charge >= 0.3 is 0 Å². The topological polar surface area (TPSA) is 71.8 Å². The summed E-state index contributed by atoms with van der Waals surface area (Å²) < 4.78 is 15.3. The second-order valence-corrected chi connectivity index (χ2v) is 5.78. The molecule has 1 amide bonds. The van der Waals surface area contributed by atoms with E-state index < -0.39 is 5.82 Å². The molecule has 3 rings (SSSR count). The Morgan fingerprint density at radius 2 is 2.43 bits per heavy atom. The third-order valence-electron chi connectivity index (χ3n) is 3.99. The SMILES string of the molecule is O=C(NCc1ncccc1F)c1cnn(CC2CCCNC2)c1. The highest BCUT2D eigenvalue weighted by Gasteiger charge is 2.15. The predicted octanol–water partition coefficient (Wildman–Crippen LogP) is 1.35. The van der Waals surface area contributed by atoms with Crippen LogP contribution in [0.15, 0.2) is 30.7 Å². The molecule has 1 saturated heterocycles. The Bertz CT molecular complexity index is 666. The van der Waals surface area contributed by atoms with Gasteiger partial charge in [-0.05, 0) is 44.0 Å². The Morgan fingerprint density at radius 1 is 1.52 bits per heavy atom. The van der Waals surface area contributed by atoms with E-state index in [0.29, 0.717) is 11.5 Å². The molecule has 0 bridgehead atoms. The molecule has 0 spiro atoms. The van der Waals surface area contributed by atoms with E-state index in [1.807, 2.05) is 0 Å². The van der Waals surface area contributed by atoms with Crippen molar-refractivity contribution in [1.82, 2.24) is 25.4 Å². The maximum atomic E-state index is 13.5. The summed E-state index contributed by atoms with van der Waals surface area (Å²) in [5.41, 5.74) is 0.701. The molecule has 0 radical (unpaired) electrons. The quantitative estimate of drug-likeness (QED) is 0.873. The number of amides is 1. The van der Waals surface area contributed by atoms with Crippen molar-refractivity contribution in [3.8, 4) is 0 Å². The number of nitrogens with one attached hydrogen (secondary N) is 2. The largest absolute Gasteiger partial charge is 0.346 e. The summed E-state index contributed by atoms with van der Waals surface area (Å²) in [7, 11) is 0. The highest BCUT2D eigenvalue weighted by Crippen LogP contribution is 2.12. The fourth-order valence-corrected chi connectivity index (χ4v) is 2.74. The summed E-state index contributed by atoms with van der Waals surface area (Å²) in [6.45, 7) is 2.92. The average Bonchev–Trinajstić information content (AvgIpc) is 3.03. The van der Waals surface area contributed by atoms with Crippen molar-refractivity contribution >= 4 is 5.91 Å². The number of hydrogen-bond acceptors (Lipinski definition) is 4. The Hall–Kier alpha value is -2.28. The molecular formula is C16H20FN5O. The first kappa shape index (κ1) is 15.6. The van der Waals surface area contributed by atoms with Gasteiger partial charge in [-0.3, -0.25) is 14.5 Å². The van der Waals surface area contributed by atoms with Gasteiger partial charge in [-0.2, -0.15) is 5.10 Å². The molecule has 122 valence electrons. The highest BCUT2D eigenvalue weighted by molar-refractivity contribution is 5.93. The lowest BCUT2D eigenvalue weighted by Crippen LogP contribution is -2.32. The lowest BCUT2D eigenvalue weighted by Gasteiger charge is -2.22. The van der Waals surface area contributed by atoms with Crippen LogP contribution < -0.4 is 10.6 Å². The fourth-order valence-electron chi connectivity index (χ4n) is 2.74. The number of piperidine rings is 1. The van der Waals surface area contributed by atoms with Gasteiger partial charge in [0.2, 0.25) is 0 Å². The van der Waals surface area contributed by atoms with Gasteiger partial charge in [-0.25, -0.2) is 4.39 Å². The number of rotatable bonds is 5. The molecule has 7 heteroatoms. The maximum Gasteiger partial charge on any atom is 0.254 e. The van der Waals surface area contributed by atoms with Crippen molar-refractivity contribution in [2.75, 3.05) is 13.1 Å². The highest BCUT2D eigenvalue weighted by atomic mass is 19.1. The van der Waals surface area contributed by atoms with Gasteiger partial charge in [0.1, 0.15) is 5.82 Å². The minimum atomic E-state index is -0.423. The number of nitrogens with zero attached hydrogens (tertiary/aromatic N) is 3. The van der Waals surface area contributed by atoms with Gasteiger partial charge in [-0.1, -0.05) is 0 Å². The standard InChI is InChI=1S/C16H20FN5O/c17-14-4-2-6-19-15(14)9-20-16(23)13-8-21-22(11-13)10-12-3-1-5-18-7-12/h2,4,6,8,11-12,18H,1,3,5,7,9-10H2,(H,20,23). The summed E-state index contributed by atoms with van der Waals surface area (Å²) in [5.74, 6) is -0.154. The van der Waals surface area contributed by atoms with Gasteiger partial charge in [-0.15, -0.1) is 0 Å². The second-order valence-electron chi connectivity index (χ2n) is 5.78. The van der Waals surface area contributed by atoms with Crippen molar-refractivity contribution in [2.45, 2.75) is 25.9 Å². The Kier molecular flexibility index (Phi) is 4.97. The van der Waals surface area contributed by atoms with Crippen LogP contribution in [-0.4, -0.2) is 33.8 Å². The van der Waals surface area contributed by atoms with E-state index in [1.54, 1.807) is 17.1 Å². The minimum Gasteiger partial charge on any atom is -0.346 e. The Morgan fingerprint density at radius 3 is 3.22 bits per heavy atom. The molecule has 0 aromatic carbocycles. The summed E-state index contributed by atoms with van der Waals surface area (Å²) in [5, 5.41) is 10.3. The first-order valence-corrected chi connectivity index (χ1v) is 7.83. The number of pyridine rings is 1. The molecule has 2 N–H and O–H groups in total. The molecule has 23 heavy (non-hydrogen) atoms. The number of hydrogen-bond donors (Lipinski definition) is 2. The lowest BCUT2D eigenvalue weighted by molar-refractivity contribution is 0.0950. The summed E-state index contributed by atoms with van der Waals surface area (Å²) >= 11 is 0. The Labute approximate surface area is 134 Å². The second kappa shape index (κ2) is 7.32. The zero-order valence-corrected chi connectivity index (χ0v) is 12.8. The Balaban J connectivity index is 1.54. The van der Waals surface area contributed by atoms with Crippen LogP contribution in [0.4, 0.5) is 4.39 Å². The van der Waals surface area contributed by atoms with Gasteiger partial charge in [0.15, 0.2) is 0 Å². The van der Waals surface area contributed by atoms with E-state index in [4.69, 9.17) is 0 Å². The molecule has 1 unspecified atom stereocenters. The van der Waals surface area contributed by atoms with Crippen LogP contribution in [0.25, 0.3) is 0 Å². The van der Waals surface area contributed by atoms with E-state index in [9.17, 15) is 9.18 Å². The number of carbonyl (C=O) groups is 1. The molecule has 1 fully saturated rings. The molecule has 6 nitrogen and oxygen atoms in total. The molecule has 0 saturated carbocycles. The van der Waals surface area contributed by atoms with Crippen LogP contribution in [0.1, 0.15) is 28.9 Å². The first-order valence-electron chi connectivity index (χ1n) is 7.83. The summed E-state index contributed by atoms with van der Waals surface area (Å²) in [6, 6.07) is 2.84. The van der Waals surface area contributed by atoms with E-state index in [-0.39, 0.29) is 18.1 Å². The number of aromatic nitrogens is 3. The first-order chi connectivity index (χ1) is 11.2. The molecule has 0 aliphatic carbocycles. The van der Waals surface area contributed by atoms with E-state index >= 15 is 0 Å². The molecule has 2 aromatic rings. The van der Waals surface area contributed by atoms with Crippen LogP contribution in [0.3, 0.4) is 0 Å². The van der Waals surface area contributed by atoms with Crippen LogP contribution in [0.2, 0.25) is 0 Å².